The number of benzene rings is 1. The number of para-hydroxylation sites is 1. The number of nitrogens with zero attached hydrogens (tertiary/aromatic N) is 2. The van der Waals surface area contributed by atoms with Crippen LogP contribution in [0.25, 0.3) is 10.9 Å². The van der Waals surface area contributed by atoms with E-state index in [9.17, 15) is 8.42 Å². The molecule has 0 unspecified atom stereocenters. The fourth-order valence-corrected chi connectivity index (χ4v) is 3.68. The summed E-state index contributed by atoms with van der Waals surface area (Å²) in [6.45, 7) is 0. The van der Waals surface area contributed by atoms with Gasteiger partial charge in [0.1, 0.15) is 0 Å². The Bertz CT molecular complexity index is 977. The summed E-state index contributed by atoms with van der Waals surface area (Å²) in [5.41, 5.74) is 1.96. The van der Waals surface area contributed by atoms with Crippen LogP contribution in [0.15, 0.2) is 59.8 Å². The van der Waals surface area contributed by atoms with Gasteiger partial charge in [-0.15, -0.1) is 0 Å². The zero-order valence-corrected chi connectivity index (χ0v) is 13.1. The average molecular weight is 325 g/mol. The molecule has 1 saturated carbocycles. The summed E-state index contributed by atoms with van der Waals surface area (Å²) in [6, 6.07) is 12.3. The molecule has 2 aromatic heterocycles. The number of nitrogens with one attached hydrogen (secondary N) is 1. The van der Waals surface area contributed by atoms with E-state index in [1.165, 1.54) is 6.07 Å². The van der Waals surface area contributed by atoms with Crippen molar-refractivity contribution in [3.05, 3.63) is 60.6 Å². The summed E-state index contributed by atoms with van der Waals surface area (Å²) in [5.74, 6) is 0.407. The molecule has 1 fully saturated rings. The van der Waals surface area contributed by atoms with Crippen LogP contribution in [0.3, 0.4) is 0 Å². The van der Waals surface area contributed by atoms with Gasteiger partial charge in [0, 0.05) is 29.4 Å². The first-order valence-electron chi connectivity index (χ1n) is 7.46. The first-order chi connectivity index (χ1) is 11.1. The minimum atomic E-state index is -3.66. The highest BCUT2D eigenvalue weighted by Gasteiger charge is 2.26. The Kier molecular flexibility index (Phi) is 3.27. The number of sulfonamides is 1. The van der Waals surface area contributed by atoms with Gasteiger partial charge in [-0.05, 0) is 37.1 Å². The second kappa shape index (κ2) is 5.31. The molecule has 3 aromatic rings. The smallest absolute Gasteiger partial charge is 0.262 e. The maximum absolute atomic E-state index is 12.7. The Labute approximate surface area is 134 Å². The number of pyridine rings is 2. The zero-order chi connectivity index (χ0) is 15.9. The topological polar surface area (TPSA) is 72.0 Å². The van der Waals surface area contributed by atoms with Crippen molar-refractivity contribution in [3.8, 4) is 0 Å². The first-order valence-corrected chi connectivity index (χ1v) is 8.94. The second-order valence-corrected chi connectivity index (χ2v) is 7.36. The van der Waals surface area contributed by atoms with Crippen LogP contribution in [0.4, 0.5) is 5.69 Å². The molecule has 0 atom stereocenters. The van der Waals surface area contributed by atoms with E-state index in [1.807, 2.05) is 24.3 Å². The molecule has 5 nitrogen and oxygen atoms in total. The van der Waals surface area contributed by atoms with Gasteiger partial charge in [-0.1, -0.05) is 18.2 Å². The van der Waals surface area contributed by atoms with Gasteiger partial charge in [-0.2, -0.15) is 0 Å². The van der Waals surface area contributed by atoms with Gasteiger partial charge in [0.2, 0.25) is 0 Å². The van der Waals surface area contributed by atoms with Crippen molar-refractivity contribution in [1.29, 1.82) is 0 Å². The number of hydrogen-bond donors (Lipinski definition) is 1. The normalized spacial score (nSPS) is 14.8. The molecule has 0 bridgehead atoms. The largest absolute Gasteiger partial charge is 0.277 e. The molecular weight excluding hydrogens is 310 g/mol. The average Bonchev–Trinajstić information content (AvgIpc) is 3.40. The predicted molar refractivity (Wildman–Crippen MR) is 88.8 cm³/mol. The Morgan fingerprint density at radius 2 is 1.83 bits per heavy atom. The number of rotatable bonds is 4. The van der Waals surface area contributed by atoms with Crippen molar-refractivity contribution in [2.75, 3.05) is 4.72 Å². The second-order valence-electron chi connectivity index (χ2n) is 5.68. The standard InChI is InChI=1S/C17H15N3O2S/c21-23(22,14-8-10-18-16(11-14)12-6-7-12)20-15-5-1-3-13-4-2-9-19-17(13)15/h1-5,8-12,20H,6-7H2. The number of hydrogen-bond acceptors (Lipinski definition) is 4. The summed E-state index contributed by atoms with van der Waals surface area (Å²) < 4.78 is 28.0. The molecule has 0 amide bonds. The Morgan fingerprint density at radius 1 is 1.00 bits per heavy atom. The van der Waals surface area contributed by atoms with Crippen molar-refractivity contribution in [1.82, 2.24) is 9.97 Å². The van der Waals surface area contributed by atoms with E-state index < -0.39 is 10.0 Å². The van der Waals surface area contributed by atoms with Crippen LogP contribution in [0.2, 0.25) is 0 Å². The van der Waals surface area contributed by atoms with E-state index in [1.54, 1.807) is 24.5 Å². The van der Waals surface area contributed by atoms with Gasteiger partial charge in [-0.3, -0.25) is 14.7 Å². The summed E-state index contributed by atoms with van der Waals surface area (Å²) >= 11 is 0. The van der Waals surface area contributed by atoms with E-state index in [-0.39, 0.29) is 4.90 Å². The van der Waals surface area contributed by atoms with Gasteiger partial charge < -0.3 is 0 Å². The molecule has 2 heterocycles. The number of fused-ring (bicyclic) bond motifs is 1. The Morgan fingerprint density at radius 3 is 2.65 bits per heavy atom. The zero-order valence-electron chi connectivity index (χ0n) is 12.3. The third-order valence-electron chi connectivity index (χ3n) is 3.94. The van der Waals surface area contributed by atoms with Gasteiger partial charge in [0.05, 0.1) is 16.1 Å². The summed E-state index contributed by atoms with van der Waals surface area (Å²) in [6.07, 6.45) is 5.37. The van der Waals surface area contributed by atoms with E-state index in [2.05, 4.69) is 14.7 Å². The van der Waals surface area contributed by atoms with Crippen molar-refractivity contribution in [2.24, 2.45) is 0 Å². The third kappa shape index (κ3) is 2.77. The number of anilines is 1. The third-order valence-corrected chi connectivity index (χ3v) is 5.30. The van der Waals surface area contributed by atoms with E-state index in [4.69, 9.17) is 0 Å². The minimum Gasteiger partial charge on any atom is -0.277 e. The molecule has 23 heavy (non-hydrogen) atoms. The summed E-state index contributed by atoms with van der Waals surface area (Å²) in [5, 5.41) is 0.890. The molecule has 0 saturated heterocycles. The van der Waals surface area contributed by atoms with Gasteiger partial charge in [-0.25, -0.2) is 8.42 Å². The van der Waals surface area contributed by atoms with Crippen molar-refractivity contribution >= 4 is 26.6 Å². The fraction of sp³-hybridized carbons (Fsp3) is 0.176. The van der Waals surface area contributed by atoms with Crippen LogP contribution in [0.1, 0.15) is 24.5 Å². The van der Waals surface area contributed by atoms with Crippen molar-refractivity contribution in [2.45, 2.75) is 23.7 Å². The fourth-order valence-electron chi connectivity index (χ4n) is 2.59. The number of aromatic nitrogens is 2. The highest BCUT2D eigenvalue weighted by atomic mass is 32.2. The SMILES string of the molecule is O=S(=O)(Nc1cccc2cccnc12)c1ccnc(C2CC2)c1. The molecule has 116 valence electrons. The van der Waals surface area contributed by atoms with Crippen LogP contribution in [-0.2, 0) is 10.0 Å². The maximum atomic E-state index is 12.7. The molecule has 1 aliphatic rings. The minimum absolute atomic E-state index is 0.238. The molecule has 1 aromatic carbocycles. The molecule has 4 rings (SSSR count). The lowest BCUT2D eigenvalue weighted by Gasteiger charge is -2.10. The molecular formula is C17H15N3O2S. The summed E-state index contributed by atoms with van der Waals surface area (Å²) in [4.78, 5) is 8.78. The van der Waals surface area contributed by atoms with Crippen molar-refractivity contribution in [3.63, 3.8) is 0 Å². The molecule has 0 aliphatic heterocycles. The monoisotopic (exact) mass is 325 g/mol. The molecule has 6 heteroatoms. The van der Waals surface area contributed by atoms with E-state index in [0.717, 1.165) is 23.9 Å². The molecule has 1 aliphatic carbocycles. The van der Waals surface area contributed by atoms with Crippen molar-refractivity contribution < 1.29 is 8.42 Å². The molecule has 0 radical (unpaired) electrons. The quantitative estimate of drug-likeness (QED) is 0.799. The lowest BCUT2D eigenvalue weighted by atomic mass is 10.2. The van der Waals surface area contributed by atoms with Crippen LogP contribution in [0.5, 0.6) is 0 Å². The van der Waals surface area contributed by atoms with Crippen LogP contribution in [0, 0.1) is 0 Å². The molecule has 1 N–H and O–H groups in total. The van der Waals surface area contributed by atoms with Gasteiger partial charge in [0.25, 0.3) is 10.0 Å². The highest BCUT2D eigenvalue weighted by Crippen LogP contribution is 2.39. The predicted octanol–water partition coefficient (Wildman–Crippen LogP) is 3.31. The summed E-state index contributed by atoms with van der Waals surface area (Å²) in [7, 11) is -3.66. The van der Waals surface area contributed by atoms with Gasteiger partial charge >= 0.3 is 0 Å². The van der Waals surface area contributed by atoms with Crippen LogP contribution >= 0.6 is 0 Å². The lowest BCUT2D eigenvalue weighted by molar-refractivity contribution is 0.601. The van der Waals surface area contributed by atoms with Crippen LogP contribution < -0.4 is 4.72 Å². The highest BCUT2D eigenvalue weighted by molar-refractivity contribution is 7.92. The maximum Gasteiger partial charge on any atom is 0.262 e. The van der Waals surface area contributed by atoms with Gasteiger partial charge in [0.15, 0.2) is 0 Å². The van der Waals surface area contributed by atoms with E-state index in [0.29, 0.717) is 17.1 Å². The lowest BCUT2D eigenvalue weighted by Crippen LogP contribution is -2.14. The Hall–Kier alpha value is -2.47. The first kappa shape index (κ1) is 14.1. The van der Waals surface area contributed by atoms with Crippen LogP contribution in [-0.4, -0.2) is 18.4 Å². The van der Waals surface area contributed by atoms with E-state index >= 15 is 0 Å². The Balaban J connectivity index is 1.73. The molecule has 0 spiro atoms.